The van der Waals surface area contributed by atoms with Crippen molar-refractivity contribution in [1.82, 2.24) is 0 Å². The lowest BCUT2D eigenvalue weighted by atomic mass is 10.4. The Bertz CT molecular complexity index is 244. The molecule has 0 aliphatic rings. The van der Waals surface area contributed by atoms with Gasteiger partial charge in [0.25, 0.3) is 0 Å². The summed E-state index contributed by atoms with van der Waals surface area (Å²) >= 11 is 12.5. The lowest BCUT2D eigenvalue weighted by molar-refractivity contribution is 1.47. The van der Waals surface area contributed by atoms with Crippen molar-refractivity contribution in [3.05, 3.63) is 40.2 Å². The summed E-state index contributed by atoms with van der Waals surface area (Å²) in [7, 11) is 0. The summed E-state index contributed by atoms with van der Waals surface area (Å²) < 4.78 is 0.581. The molecule has 0 radical (unpaired) electrons. The van der Waals surface area contributed by atoms with Gasteiger partial charge < -0.3 is 0 Å². The second-order valence-electron chi connectivity index (χ2n) is 1.83. The number of rotatable bonds is 2. The van der Waals surface area contributed by atoms with E-state index in [1.807, 2.05) is 30.3 Å². The van der Waals surface area contributed by atoms with Gasteiger partial charge in [-0.1, -0.05) is 53.2 Å². The van der Waals surface area contributed by atoms with Crippen LogP contribution in [-0.4, -0.2) is 0 Å². The highest BCUT2D eigenvalue weighted by Crippen LogP contribution is 2.29. The lowest BCUT2D eigenvalue weighted by Crippen LogP contribution is -1.66. The standard InChI is InChI=1S/C8H6Cl2S/c9-6-8(10)11-7-4-2-1-3-5-7/h1-6H/b8-6+. The fourth-order valence-electron chi connectivity index (χ4n) is 0.623. The Kier molecular flexibility index (Phi) is 3.84. The van der Waals surface area contributed by atoms with Crippen LogP contribution in [0.25, 0.3) is 0 Å². The molecule has 0 heterocycles. The molecule has 1 aromatic carbocycles. The maximum Gasteiger partial charge on any atom is 0.0895 e. The van der Waals surface area contributed by atoms with Gasteiger partial charge in [-0.25, -0.2) is 0 Å². The van der Waals surface area contributed by atoms with Gasteiger partial charge in [-0.15, -0.1) is 0 Å². The summed E-state index contributed by atoms with van der Waals surface area (Å²) in [5, 5.41) is 0. The molecule has 0 atom stereocenters. The van der Waals surface area contributed by atoms with Crippen molar-refractivity contribution in [3.63, 3.8) is 0 Å². The predicted molar refractivity (Wildman–Crippen MR) is 52.1 cm³/mol. The van der Waals surface area contributed by atoms with Crippen LogP contribution >= 0.6 is 35.0 Å². The van der Waals surface area contributed by atoms with Crippen LogP contribution in [0.2, 0.25) is 0 Å². The largest absolute Gasteiger partial charge is 0.0908 e. The first-order valence-corrected chi connectivity index (χ1v) is 4.65. The van der Waals surface area contributed by atoms with Gasteiger partial charge in [-0.05, 0) is 12.1 Å². The summed E-state index contributed by atoms with van der Waals surface area (Å²) in [5.41, 5.74) is 1.36. The predicted octanol–water partition coefficient (Wildman–Crippen LogP) is 4.06. The zero-order valence-electron chi connectivity index (χ0n) is 5.63. The summed E-state index contributed by atoms with van der Waals surface area (Å²) in [4.78, 5) is 1.09. The smallest absolute Gasteiger partial charge is 0.0895 e. The third-order valence-electron chi connectivity index (χ3n) is 1.04. The van der Waals surface area contributed by atoms with Crippen molar-refractivity contribution in [1.29, 1.82) is 0 Å². The van der Waals surface area contributed by atoms with E-state index in [2.05, 4.69) is 0 Å². The monoisotopic (exact) mass is 204 g/mol. The third kappa shape index (κ3) is 3.19. The van der Waals surface area contributed by atoms with E-state index in [9.17, 15) is 0 Å². The Hall–Kier alpha value is -0.110. The van der Waals surface area contributed by atoms with Gasteiger partial charge in [-0.3, -0.25) is 0 Å². The molecule has 0 bridgehead atoms. The molecule has 0 aromatic heterocycles. The average molecular weight is 205 g/mol. The lowest BCUT2D eigenvalue weighted by Gasteiger charge is -1.95. The molecule has 0 aliphatic heterocycles. The number of hydrogen-bond acceptors (Lipinski definition) is 1. The average Bonchev–Trinajstić information content (AvgIpc) is 2.06. The molecule has 1 rings (SSSR count). The van der Waals surface area contributed by atoms with Gasteiger partial charge in [0.1, 0.15) is 0 Å². The molecule has 1 aromatic rings. The van der Waals surface area contributed by atoms with Gasteiger partial charge in [0.15, 0.2) is 0 Å². The van der Waals surface area contributed by atoms with E-state index >= 15 is 0 Å². The van der Waals surface area contributed by atoms with E-state index in [1.54, 1.807) is 0 Å². The normalized spacial score (nSPS) is 11.6. The molecule has 0 nitrogen and oxygen atoms in total. The second-order valence-corrected chi connectivity index (χ2v) is 3.79. The van der Waals surface area contributed by atoms with E-state index in [4.69, 9.17) is 23.2 Å². The SMILES string of the molecule is Cl/C=C(\Cl)Sc1ccccc1. The Labute approximate surface area is 80.2 Å². The second kappa shape index (κ2) is 4.70. The maximum atomic E-state index is 5.69. The minimum atomic E-state index is 0.581. The van der Waals surface area contributed by atoms with Crippen molar-refractivity contribution in [2.75, 3.05) is 0 Å². The van der Waals surface area contributed by atoms with Crippen LogP contribution in [0.4, 0.5) is 0 Å². The number of benzene rings is 1. The van der Waals surface area contributed by atoms with Crippen LogP contribution in [0.15, 0.2) is 45.1 Å². The van der Waals surface area contributed by atoms with Crippen LogP contribution in [0.3, 0.4) is 0 Å². The molecule has 3 heteroatoms. The Morgan fingerprint density at radius 1 is 1.27 bits per heavy atom. The fraction of sp³-hybridized carbons (Fsp3) is 0. The minimum Gasteiger partial charge on any atom is -0.0908 e. The molecule has 0 spiro atoms. The molecule has 0 saturated heterocycles. The van der Waals surface area contributed by atoms with Crippen molar-refractivity contribution in [2.45, 2.75) is 4.90 Å². The van der Waals surface area contributed by atoms with E-state index < -0.39 is 0 Å². The van der Waals surface area contributed by atoms with Crippen molar-refractivity contribution >= 4 is 35.0 Å². The first kappa shape index (κ1) is 8.98. The van der Waals surface area contributed by atoms with Gasteiger partial charge in [0.2, 0.25) is 0 Å². The quantitative estimate of drug-likeness (QED) is 0.656. The number of hydrogen-bond donors (Lipinski definition) is 0. The zero-order chi connectivity index (χ0) is 8.10. The Morgan fingerprint density at radius 2 is 1.91 bits per heavy atom. The molecule has 0 unspecified atom stereocenters. The van der Waals surface area contributed by atoms with Gasteiger partial charge in [0, 0.05) is 10.4 Å². The molecule has 11 heavy (non-hydrogen) atoms. The number of thioether (sulfide) groups is 1. The molecule has 0 N–H and O–H groups in total. The minimum absolute atomic E-state index is 0.581. The third-order valence-corrected chi connectivity index (χ3v) is 2.66. The van der Waals surface area contributed by atoms with E-state index in [1.165, 1.54) is 17.3 Å². The van der Waals surface area contributed by atoms with Crippen LogP contribution < -0.4 is 0 Å². The molecule has 58 valence electrons. The van der Waals surface area contributed by atoms with Crippen molar-refractivity contribution in [3.8, 4) is 0 Å². The van der Waals surface area contributed by atoms with Gasteiger partial charge in [-0.2, -0.15) is 0 Å². The number of halogens is 2. The molecule has 0 saturated carbocycles. The van der Waals surface area contributed by atoms with Crippen molar-refractivity contribution in [2.24, 2.45) is 0 Å². The molecule has 0 aliphatic carbocycles. The maximum absolute atomic E-state index is 5.69. The van der Waals surface area contributed by atoms with Crippen molar-refractivity contribution < 1.29 is 0 Å². The first-order chi connectivity index (χ1) is 5.33. The summed E-state index contributed by atoms with van der Waals surface area (Å²) in [6.07, 6.45) is 0. The van der Waals surface area contributed by atoms with Gasteiger partial charge >= 0.3 is 0 Å². The topological polar surface area (TPSA) is 0 Å². The van der Waals surface area contributed by atoms with Gasteiger partial charge in [0.05, 0.1) is 4.36 Å². The van der Waals surface area contributed by atoms with Crippen LogP contribution in [0.1, 0.15) is 0 Å². The van der Waals surface area contributed by atoms with E-state index in [-0.39, 0.29) is 0 Å². The molecule has 0 amide bonds. The van der Waals surface area contributed by atoms with Crippen LogP contribution in [0, 0.1) is 0 Å². The Morgan fingerprint density at radius 3 is 2.45 bits per heavy atom. The summed E-state index contributed by atoms with van der Waals surface area (Å²) in [6.45, 7) is 0. The highest BCUT2D eigenvalue weighted by atomic mass is 35.5. The Balaban J connectivity index is 2.65. The fourth-order valence-corrected chi connectivity index (χ4v) is 1.59. The van der Waals surface area contributed by atoms with Crippen LogP contribution in [-0.2, 0) is 0 Å². The summed E-state index contributed by atoms with van der Waals surface area (Å²) in [6, 6.07) is 9.84. The van der Waals surface area contributed by atoms with Crippen LogP contribution in [0.5, 0.6) is 0 Å². The molecular formula is C8H6Cl2S. The van der Waals surface area contributed by atoms with E-state index in [0.29, 0.717) is 4.36 Å². The highest BCUT2D eigenvalue weighted by molar-refractivity contribution is 8.04. The summed E-state index contributed by atoms with van der Waals surface area (Å²) in [5.74, 6) is 0. The zero-order valence-corrected chi connectivity index (χ0v) is 7.96. The highest BCUT2D eigenvalue weighted by Gasteiger charge is 1.93. The molecular weight excluding hydrogens is 199 g/mol. The molecule has 0 fully saturated rings. The van der Waals surface area contributed by atoms with E-state index in [0.717, 1.165) is 4.90 Å². The first-order valence-electron chi connectivity index (χ1n) is 3.01.